The first kappa shape index (κ1) is 21.0. The molecule has 2 aromatic heterocycles. The van der Waals surface area contributed by atoms with Gasteiger partial charge in [0.05, 0.1) is 23.5 Å². The fourth-order valence-corrected chi connectivity index (χ4v) is 3.58. The average molecular weight is 471 g/mol. The molecule has 11 heteroatoms. The van der Waals surface area contributed by atoms with Crippen molar-refractivity contribution in [2.24, 2.45) is 0 Å². The van der Waals surface area contributed by atoms with Gasteiger partial charge in [-0.15, -0.1) is 0 Å². The summed E-state index contributed by atoms with van der Waals surface area (Å²) >= 11 is 6.34. The number of benzene rings is 2. The normalized spacial score (nSPS) is 14.1. The van der Waals surface area contributed by atoms with Gasteiger partial charge >= 0.3 is 6.03 Å². The number of imide groups is 1. The number of para-hydroxylation sites is 1. The Morgan fingerprint density at radius 2 is 1.88 bits per heavy atom. The van der Waals surface area contributed by atoms with Crippen molar-refractivity contribution >= 4 is 64.0 Å². The number of nitrogens with zero attached hydrogens (tertiary/aromatic N) is 4. The second-order valence-corrected chi connectivity index (χ2v) is 7.63. The number of rotatable bonds is 5. The first-order valence-electron chi connectivity index (χ1n) is 9.99. The number of urea groups is 1. The number of halogens is 1. The molecule has 0 bridgehead atoms. The predicted octanol–water partition coefficient (Wildman–Crippen LogP) is 4.60. The van der Waals surface area contributed by atoms with Gasteiger partial charge in [-0.3, -0.25) is 10.1 Å². The fraction of sp³-hybridized carbons (Fsp3) is 0. The third-order valence-corrected chi connectivity index (χ3v) is 5.22. The number of carbonyl (C=O) groups is 2. The molecular weight excluding hydrogens is 456 g/mol. The van der Waals surface area contributed by atoms with Gasteiger partial charge in [0.2, 0.25) is 0 Å². The number of amides is 3. The highest BCUT2D eigenvalue weighted by molar-refractivity contribution is 6.33. The topological polar surface area (TPSA) is 117 Å². The van der Waals surface area contributed by atoms with Gasteiger partial charge in [0.15, 0.2) is 11.3 Å². The maximum atomic E-state index is 12.0. The van der Waals surface area contributed by atoms with Gasteiger partial charge in [-0.2, -0.15) is 9.61 Å². The van der Waals surface area contributed by atoms with Gasteiger partial charge in [0.1, 0.15) is 17.3 Å². The monoisotopic (exact) mass is 470 g/mol. The molecule has 0 spiro atoms. The zero-order valence-corrected chi connectivity index (χ0v) is 18.1. The molecule has 4 aromatic rings. The summed E-state index contributed by atoms with van der Waals surface area (Å²) in [7, 11) is 0. The van der Waals surface area contributed by atoms with Crippen LogP contribution in [0.4, 0.5) is 33.5 Å². The van der Waals surface area contributed by atoms with Crippen molar-refractivity contribution in [3.8, 4) is 0 Å². The van der Waals surface area contributed by atoms with E-state index in [0.29, 0.717) is 39.2 Å². The van der Waals surface area contributed by atoms with E-state index in [1.807, 2.05) is 30.3 Å². The highest BCUT2D eigenvalue weighted by atomic mass is 35.5. The van der Waals surface area contributed by atoms with Crippen molar-refractivity contribution in [2.75, 3.05) is 10.6 Å². The Kier molecular flexibility index (Phi) is 5.29. The maximum absolute atomic E-state index is 12.0. The van der Waals surface area contributed by atoms with Crippen LogP contribution in [0, 0.1) is 6.57 Å². The second-order valence-electron chi connectivity index (χ2n) is 7.22. The Hall–Kier alpha value is -4.88. The summed E-state index contributed by atoms with van der Waals surface area (Å²) in [5, 5.41) is 15.9. The van der Waals surface area contributed by atoms with Crippen LogP contribution in [0.15, 0.2) is 66.5 Å². The summed E-state index contributed by atoms with van der Waals surface area (Å²) in [4.78, 5) is 31.5. The molecule has 34 heavy (non-hydrogen) atoms. The SMILES string of the molecule is [C-]#[N+]c1ccc(Nc2cc(Nc3ccccc3)n3ncc(/C=C4\NC(=O)NC4=O)c3n2)c(Cl)c1. The van der Waals surface area contributed by atoms with Crippen LogP contribution >= 0.6 is 11.6 Å². The number of fused-ring (bicyclic) bond motifs is 1. The molecule has 166 valence electrons. The van der Waals surface area contributed by atoms with Gasteiger partial charge in [-0.25, -0.2) is 14.6 Å². The lowest BCUT2D eigenvalue weighted by Crippen LogP contribution is -2.22. The quantitative estimate of drug-likeness (QED) is 0.192. The standard InChI is InChI=1S/C23H15ClN8O2/c1-25-15-7-8-17(16(24)10-15)28-19-11-20(27-14-5-3-2-4-6-14)32-21(30-19)13(12-26-32)9-18-22(33)31-23(34)29-18/h2-12,27H,(H,28,30)(H2,29,31,33,34)/b18-9-. The van der Waals surface area contributed by atoms with Gasteiger partial charge in [0, 0.05) is 17.3 Å². The van der Waals surface area contributed by atoms with Gasteiger partial charge < -0.3 is 16.0 Å². The van der Waals surface area contributed by atoms with Crippen molar-refractivity contribution in [3.05, 3.63) is 88.5 Å². The van der Waals surface area contributed by atoms with Crippen molar-refractivity contribution in [3.63, 3.8) is 0 Å². The zero-order chi connectivity index (χ0) is 23.7. The number of nitrogens with one attached hydrogen (secondary N) is 4. The molecule has 4 N–H and O–H groups in total. The van der Waals surface area contributed by atoms with E-state index in [-0.39, 0.29) is 5.70 Å². The highest BCUT2D eigenvalue weighted by Gasteiger charge is 2.24. The van der Waals surface area contributed by atoms with Crippen LogP contribution in [0.5, 0.6) is 0 Å². The van der Waals surface area contributed by atoms with E-state index in [2.05, 4.69) is 36.2 Å². The largest absolute Gasteiger partial charge is 0.340 e. The van der Waals surface area contributed by atoms with Gasteiger partial charge in [-0.05, 0) is 30.3 Å². The minimum absolute atomic E-state index is 0.0930. The van der Waals surface area contributed by atoms with Crippen molar-refractivity contribution in [2.45, 2.75) is 0 Å². The molecule has 5 rings (SSSR count). The first-order valence-corrected chi connectivity index (χ1v) is 10.4. The molecule has 10 nitrogen and oxygen atoms in total. The molecule has 1 aliphatic rings. The summed E-state index contributed by atoms with van der Waals surface area (Å²) in [5.74, 6) is 0.508. The Bertz CT molecular complexity index is 1520. The molecule has 1 fully saturated rings. The van der Waals surface area contributed by atoms with Crippen LogP contribution in [-0.2, 0) is 4.79 Å². The lowest BCUT2D eigenvalue weighted by Gasteiger charge is -2.13. The number of aromatic nitrogens is 3. The van der Waals surface area contributed by atoms with E-state index < -0.39 is 11.9 Å². The minimum Gasteiger partial charge on any atom is -0.340 e. The summed E-state index contributed by atoms with van der Waals surface area (Å²) in [6, 6.07) is 15.6. The molecule has 0 atom stereocenters. The van der Waals surface area contributed by atoms with E-state index in [0.717, 1.165) is 5.69 Å². The Morgan fingerprint density at radius 3 is 2.59 bits per heavy atom. The van der Waals surface area contributed by atoms with E-state index >= 15 is 0 Å². The average Bonchev–Trinajstić information content (AvgIpc) is 3.38. The van der Waals surface area contributed by atoms with Crippen molar-refractivity contribution in [1.29, 1.82) is 0 Å². The van der Waals surface area contributed by atoms with Gasteiger partial charge in [0.25, 0.3) is 5.91 Å². The van der Waals surface area contributed by atoms with Crippen molar-refractivity contribution in [1.82, 2.24) is 25.2 Å². The van der Waals surface area contributed by atoms with E-state index in [4.69, 9.17) is 18.2 Å². The van der Waals surface area contributed by atoms with Gasteiger partial charge in [-0.1, -0.05) is 35.9 Å². The van der Waals surface area contributed by atoms with Crippen LogP contribution in [0.25, 0.3) is 16.6 Å². The number of hydrogen-bond donors (Lipinski definition) is 4. The third kappa shape index (κ3) is 4.11. The molecule has 0 saturated carbocycles. The smallest absolute Gasteiger partial charge is 0.326 e. The summed E-state index contributed by atoms with van der Waals surface area (Å²) in [6.45, 7) is 7.14. The van der Waals surface area contributed by atoms with E-state index in [1.54, 1.807) is 35.0 Å². The number of carbonyl (C=O) groups excluding carboxylic acids is 2. The Labute approximate surface area is 198 Å². The highest BCUT2D eigenvalue weighted by Crippen LogP contribution is 2.31. The number of hydrogen-bond acceptors (Lipinski definition) is 6. The lowest BCUT2D eigenvalue weighted by atomic mass is 10.2. The molecule has 0 unspecified atom stereocenters. The maximum Gasteiger partial charge on any atom is 0.326 e. The Morgan fingerprint density at radius 1 is 1.06 bits per heavy atom. The Balaban J connectivity index is 1.60. The third-order valence-electron chi connectivity index (χ3n) is 4.91. The minimum atomic E-state index is -0.591. The summed E-state index contributed by atoms with van der Waals surface area (Å²) in [5.41, 5.74) is 2.86. The molecule has 2 aromatic carbocycles. The molecule has 1 aliphatic heterocycles. The van der Waals surface area contributed by atoms with Crippen LogP contribution in [-0.4, -0.2) is 26.5 Å². The van der Waals surface area contributed by atoms with Crippen molar-refractivity contribution < 1.29 is 9.59 Å². The number of anilines is 4. The molecule has 3 amide bonds. The summed E-state index contributed by atoms with van der Waals surface area (Å²) < 4.78 is 1.59. The van der Waals surface area contributed by atoms with E-state index in [9.17, 15) is 9.59 Å². The van der Waals surface area contributed by atoms with Crippen LogP contribution in [0.2, 0.25) is 5.02 Å². The molecule has 0 radical (unpaired) electrons. The van der Waals surface area contributed by atoms with E-state index in [1.165, 1.54) is 6.08 Å². The summed E-state index contributed by atoms with van der Waals surface area (Å²) in [6.07, 6.45) is 3.05. The molecule has 1 saturated heterocycles. The second kappa shape index (κ2) is 8.57. The molecule has 3 heterocycles. The molecular formula is C23H15ClN8O2. The molecule has 0 aliphatic carbocycles. The van der Waals surface area contributed by atoms with Crippen LogP contribution in [0.3, 0.4) is 0 Å². The zero-order valence-electron chi connectivity index (χ0n) is 17.3. The first-order chi connectivity index (χ1) is 16.5. The predicted molar refractivity (Wildman–Crippen MR) is 128 cm³/mol. The van der Waals surface area contributed by atoms with Crippen LogP contribution < -0.4 is 21.3 Å². The van der Waals surface area contributed by atoms with Crippen LogP contribution in [0.1, 0.15) is 5.56 Å². The lowest BCUT2D eigenvalue weighted by molar-refractivity contribution is -0.115. The fourth-order valence-electron chi connectivity index (χ4n) is 3.35.